The van der Waals surface area contributed by atoms with Gasteiger partial charge in [0.1, 0.15) is 5.56 Å². The number of nitrogens with one attached hydrogen (secondary N) is 1. The largest absolute Gasteiger partial charge is 0.462 e. The van der Waals surface area contributed by atoms with Crippen LogP contribution in [0, 0.1) is 0 Å². The molecule has 0 fully saturated rings. The SMILES string of the molecule is CCOC(=O)c1cnn(C)c1CNc1ccc(Br)c(Cl)c1. The van der Waals surface area contributed by atoms with Gasteiger partial charge in [0.05, 0.1) is 30.1 Å². The maximum Gasteiger partial charge on any atom is 0.341 e. The van der Waals surface area contributed by atoms with Gasteiger partial charge in [0.25, 0.3) is 0 Å². The molecule has 5 nitrogen and oxygen atoms in total. The second-order valence-corrected chi connectivity index (χ2v) is 5.59. The van der Waals surface area contributed by atoms with Gasteiger partial charge in [-0.3, -0.25) is 4.68 Å². The number of carbonyl (C=O) groups excluding carboxylic acids is 1. The fraction of sp³-hybridized carbons (Fsp3) is 0.286. The third-order valence-electron chi connectivity index (χ3n) is 2.94. The Balaban J connectivity index is 2.14. The zero-order valence-electron chi connectivity index (χ0n) is 11.7. The molecule has 0 amide bonds. The van der Waals surface area contributed by atoms with Crippen LogP contribution in [-0.2, 0) is 18.3 Å². The van der Waals surface area contributed by atoms with Crippen LogP contribution in [0.3, 0.4) is 0 Å². The monoisotopic (exact) mass is 371 g/mol. The Morgan fingerprint density at radius 3 is 2.95 bits per heavy atom. The van der Waals surface area contributed by atoms with E-state index in [-0.39, 0.29) is 5.97 Å². The molecule has 7 heteroatoms. The van der Waals surface area contributed by atoms with Crippen molar-refractivity contribution in [2.75, 3.05) is 11.9 Å². The molecule has 1 aromatic carbocycles. The van der Waals surface area contributed by atoms with Gasteiger partial charge in [-0.25, -0.2) is 4.79 Å². The number of carbonyl (C=O) groups is 1. The molecule has 0 unspecified atom stereocenters. The summed E-state index contributed by atoms with van der Waals surface area (Å²) in [7, 11) is 1.79. The van der Waals surface area contributed by atoms with Gasteiger partial charge >= 0.3 is 5.97 Å². The number of esters is 1. The molecule has 112 valence electrons. The average molecular weight is 373 g/mol. The van der Waals surface area contributed by atoms with E-state index in [0.29, 0.717) is 23.7 Å². The minimum absolute atomic E-state index is 0.336. The first-order valence-corrected chi connectivity index (χ1v) is 7.57. The lowest BCUT2D eigenvalue weighted by Crippen LogP contribution is -2.12. The number of rotatable bonds is 5. The van der Waals surface area contributed by atoms with E-state index in [2.05, 4.69) is 26.3 Å². The standard InChI is InChI=1S/C14H15BrClN3O2/c1-3-21-14(20)10-7-18-19(2)13(10)8-17-9-4-5-11(15)12(16)6-9/h4-7,17H,3,8H2,1-2H3. The van der Waals surface area contributed by atoms with Crippen LogP contribution >= 0.6 is 27.5 Å². The summed E-state index contributed by atoms with van der Waals surface area (Å²) >= 11 is 9.39. The molecule has 1 N–H and O–H groups in total. The van der Waals surface area contributed by atoms with Crippen LogP contribution in [0.1, 0.15) is 23.0 Å². The van der Waals surface area contributed by atoms with Crippen LogP contribution in [0.2, 0.25) is 5.02 Å². The van der Waals surface area contributed by atoms with Gasteiger partial charge in [0.15, 0.2) is 0 Å². The highest BCUT2D eigenvalue weighted by atomic mass is 79.9. The van der Waals surface area contributed by atoms with Crippen molar-refractivity contribution < 1.29 is 9.53 Å². The lowest BCUT2D eigenvalue weighted by Gasteiger charge is -2.10. The van der Waals surface area contributed by atoms with Crippen molar-refractivity contribution in [2.24, 2.45) is 7.05 Å². The van der Waals surface area contributed by atoms with Crippen molar-refractivity contribution in [3.8, 4) is 0 Å². The maximum absolute atomic E-state index is 11.9. The molecule has 0 spiro atoms. The molecule has 0 aliphatic carbocycles. The predicted molar refractivity (Wildman–Crippen MR) is 85.6 cm³/mol. The van der Waals surface area contributed by atoms with Crippen molar-refractivity contribution in [1.29, 1.82) is 0 Å². The number of hydrogen-bond acceptors (Lipinski definition) is 4. The Morgan fingerprint density at radius 1 is 1.52 bits per heavy atom. The van der Waals surface area contributed by atoms with Crippen LogP contribution in [0.15, 0.2) is 28.9 Å². The van der Waals surface area contributed by atoms with Gasteiger partial charge < -0.3 is 10.1 Å². The normalized spacial score (nSPS) is 10.5. The minimum atomic E-state index is -0.365. The molecule has 1 aromatic heterocycles. The number of nitrogens with zero attached hydrogens (tertiary/aromatic N) is 2. The van der Waals surface area contributed by atoms with Gasteiger partial charge in [-0.2, -0.15) is 5.10 Å². The summed E-state index contributed by atoms with van der Waals surface area (Å²) in [6, 6.07) is 5.57. The molecule has 0 aliphatic rings. The lowest BCUT2D eigenvalue weighted by molar-refractivity contribution is 0.0525. The maximum atomic E-state index is 11.9. The van der Waals surface area contributed by atoms with Gasteiger partial charge in [-0.15, -0.1) is 0 Å². The quantitative estimate of drug-likeness (QED) is 0.814. The van der Waals surface area contributed by atoms with Crippen LogP contribution in [0.25, 0.3) is 0 Å². The average Bonchev–Trinajstić information content (AvgIpc) is 2.82. The summed E-state index contributed by atoms with van der Waals surface area (Å²) < 4.78 is 7.51. The summed E-state index contributed by atoms with van der Waals surface area (Å²) in [5, 5.41) is 7.95. The van der Waals surface area contributed by atoms with Gasteiger partial charge in [-0.1, -0.05) is 11.6 Å². The fourth-order valence-electron chi connectivity index (χ4n) is 1.84. The smallest absolute Gasteiger partial charge is 0.341 e. The first-order valence-electron chi connectivity index (χ1n) is 6.39. The number of anilines is 1. The molecule has 1 heterocycles. The molecule has 21 heavy (non-hydrogen) atoms. The molecule has 2 rings (SSSR count). The number of hydrogen-bond donors (Lipinski definition) is 1. The third kappa shape index (κ3) is 3.77. The van der Waals surface area contributed by atoms with Crippen molar-refractivity contribution in [2.45, 2.75) is 13.5 Å². The van der Waals surface area contributed by atoms with Crippen LogP contribution in [-0.4, -0.2) is 22.4 Å². The summed E-state index contributed by atoms with van der Waals surface area (Å²) in [5.74, 6) is -0.365. The number of aryl methyl sites for hydroxylation is 1. The highest BCUT2D eigenvalue weighted by Gasteiger charge is 2.16. The molecule has 2 aromatic rings. The molecule has 0 atom stereocenters. The van der Waals surface area contributed by atoms with E-state index in [1.807, 2.05) is 18.2 Å². The van der Waals surface area contributed by atoms with Crippen LogP contribution in [0.4, 0.5) is 5.69 Å². The fourth-order valence-corrected chi connectivity index (χ4v) is 2.27. The second kappa shape index (κ2) is 6.95. The molecule has 0 saturated carbocycles. The van der Waals surface area contributed by atoms with Crippen LogP contribution < -0.4 is 5.32 Å². The zero-order chi connectivity index (χ0) is 15.4. The third-order valence-corrected chi connectivity index (χ3v) is 4.17. The molecule has 0 aliphatic heterocycles. The van der Waals surface area contributed by atoms with E-state index in [9.17, 15) is 4.79 Å². The Labute approximate surface area is 136 Å². The number of aromatic nitrogens is 2. The van der Waals surface area contributed by atoms with E-state index in [1.165, 1.54) is 6.20 Å². The van der Waals surface area contributed by atoms with E-state index >= 15 is 0 Å². The van der Waals surface area contributed by atoms with Crippen LogP contribution in [0.5, 0.6) is 0 Å². The Kier molecular flexibility index (Phi) is 5.25. The van der Waals surface area contributed by atoms with Gasteiger partial charge in [-0.05, 0) is 41.1 Å². The van der Waals surface area contributed by atoms with E-state index in [0.717, 1.165) is 15.9 Å². The van der Waals surface area contributed by atoms with E-state index in [4.69, 9.17) is 16.3 Å². The molecule has 0 bridgehead atoms. The highest BCUT2D eigenvalue weighted by molar-refractivity contribution is 9.10. The topological polar surface area (TPSA) is 56.1 Å². The number of ether oxygens (including phenoxy) is 1. The Morgan fingerprint density at radius 2 is 2.29 bits per heavy atom. The minimum Gasteiger partial charge on any atom is -0.462 e. The van der Waals surface area contributed by atoms with Gasteiger partial charge in [0.2, 0.25) is 0 Å². The van der Waals surface area contributed by atoms with Crippen molar-refractivity contribution in [1.82, 2.24) is 9.78 Å². The predicted octanol–water partition coefficient (Wildman–Crippen LogP) is 3.62. The van der Waals surface area contributed by atoms with E-state index in [1.54, 1.807) is 18.7 Å². The zero-order valence-corrected chi connectivity index (χ0v) is 14.0. The number of halogens is 2. The Bertz CT molecular complexity index is 658. The summed E-state index contributed by atoms with van der Waals surface area (Å²) in [4.78, 5) is 11.9. The van der Waals surface area contributed by atoms with Crippen molar-refractivity contribution in [3.05, 3.63) is 45.1 Å². The summed E-state index contributed by atoms with van der Waals surface area (Å²) in [5.41, 5.74) is 2.08. The highest BCUT2D eigenvalue weighted by Crippen LogP contribution is 2.26. The molecular formula is C14H15BrClN3O2. The summed E-state index contributed by atoms with van der Waals surface area (Å²) in [6.45, 7) is 2.56. The summed E-state index contributed by atoms with van der Waals surface area (Å²) in [6.07, 6.45) is 1.52. The second-order valence-electron chi connectivity index (χ2n) is 4.33. The van der Waals surface area contributed by atoms with Gasteiger partial charge in [0, 0.05) is 17.2 Å². The Hall–Kier alpha value is -1.53. The lowest BCUT2D eigenvalue weighted by atomic mass is 10.2. The first-order chi connectivity index (χ1) is 10.0. The van der Waals surface area contributed by atoms with E-state index < -0.39 is 0 Å². The molecule has 0 radical (unpaired) electrons. The van der Waals surface area contributed by atoms with Crippen molar-refractivity contribution in [3.63, 3.8) is 0 Å². The first kappa shape index (κ1) is 15.9. The number of benzene rings is 1. The molecule has 0 saturated heterocycles. The van der Waals surface area contributed by atoms with Crippen molar-refractivity contribution >= 4 is 39.2 Å². The molecular weight excluding hydrogens is 358 g/mol.